The van der Waals surface area contributed by atoms with Crippen LogP contribution in [0, 0.1) is 0 Å². The molecule has 0 spiro atoms. The van der Waals surface area contributed by atoms with Crippen LogP contribution in [-0.4, -0.2) is 68.0 Å². The summed E-state index contributed by atoms with van der Waals surface area (Å²) in [5.74, 6) is -0.166. The third-order valence-corrected chi connectivity index (χ3v) is 6.68. The van der Waals surface area contributed by atoms with Gasteiger partial charge in [0.15, 0.2) is 0 Å². The lowest BCUT2D eigenvalue weighted by Gasteiger charge is -2.34. The molecule has 1 aromatic rings. The zero-order chi connectivity index (χ0) is 18.9. The maximum atomic E-state index is 13.0. The minimum absolute atomic E-state index is 0.0176. The highest BCUT2D eigenvalue weighted by Gasteiger charge is 2.33. The van der Waals surface area contributed by atoms with E-state index in [9.17, 15) is 13.2 Å². The normalized spacial score (nSPS) is 28.1. The smallest absolute Gasteiger partial charge is 0.253 e. The van der Waals surface area contributed by atoms with Gasteiger partial charge in [-0.05, 0) is 44.9 Å². The number of carbonyl (C=O) groups is 1. The highest BCUT2D eigenvalue weighted by Crippen LogP contribution is 2.23. The number of amides is 1. The molecule has 0 radical (unpaired) electrons. The Morgan fingerprint density at radius 1 is 1.19 bits per heavy atom. The second-order valence-electron chi connectivity index (χ2n) is 7.26. The lowest BCUT2D eigenvalue weighted by atomic mass is 10.1. The third kappa shape index (κ3) is 4.09. The Morgan fingerprint density at radius 2 is 1.88 bits per heavy atom. The van der Waals surface area contributed by atoms with Gasteiger partial charge in [0.05, 0.1) is 17.1 Å². The van der Waals surface area contributed by atoms with Gasteiger partial charge in [0.2, 0.25) is 10.0 Å². The first kappa shape index (κ1) is 19.3. The molecule has 2 fully saturated rings. The molecule has 1 amide bonds. The van der Waals surface area contributed by atoms with Gasteiger partial charge in [-0.1, -0.05) is 6.07 Å². The fourth-order valence-electron chi connectivity index (χ4n) is 3.64. The van der Waals surface area contributed by atoms with E-state index in [1.807, 2.05) is 13.8 Å². The van der Waals surface area contributed by atoms with E-state index >= 15 is 0 Å². The molecule has 2 aliphatic rings. The summed E-state index contributed by atoms with van der Waals surface area (Å²) in [6, 6.07) is 6.28. The zero-order valence-corrected chi connectivity index (χ0v) is 16.1. The molecule has 144 valence electrons. The number of carbonyl (C=O) groups excluding carboxylic acids is 1. The number of hydrogen-bond acceptors (Lipinski definition) is 5. The molecule has 3 unspecified atom stereocenters. The third-order valence-electron chi connectivity index (χ3n) is 4.85. The monoisotopic (exact) mass is 381 g/mol. The molecule has 0 saturated carbocycles. The Hall–Kier alpha value is -1.48. The summed E-state index contributed by atoms with van der Waals surface area (Å²) < 4.78 is 33.1. The summed E-state index contributed by atoms with van der Waals surface area (Å²) in [6.45, 7) is 5.50. The topological polar surface area (TPSA) is 92.9 Å². The van der Waals surface area contributed by atoms with E-state index in [0.717, 1.165) is 12.8 Å². The average Bonchev–Trinajstić information content (AvgIpc) is 2.60. The summed E-state index contributed by atoms with van der Waals surface area (Å²) in [6.07, 6.45) is 1.46. The number of nitrogens with two attached hydrogens (primary N) is 1. The standard InChI is InChI=1S/C18H27N3O4S/c1-13-10-21(11-14(2)25-13)26(23,24)17-7-3-5-15(9-17)18(22)20-8-4-6-16(19)12-20/h3,5,7,9,13-14,16H,4,6,8,10-12,19H2,1-2H3. The van der Waals surface area contributed by atoms with Gasteiger partial charge in [-0.15, -0.1) is 0 Å². The van der Waals surface area contributed by atoms with E-state index in [0.29, 0.717) is 31.7 Å². The second kappa shape index (κ2) is 7.64. The molecular weight excluding hydrogens is 354 g/mol. The molecule has 0 aromatic heterocycles. The maximum absolute atomic E-state index is 13.0. The minimum atomic E-state index is -3.67. The van der Waals surface area contributed by atoms with Gasteiger partial charge < -0.3 is 15.4 Å². The van der Waals surface area contributed by atoms with Crippen LogP contribution in [0.2, 0.25) is 0 Å². The van der Waals surface area contributed by atoms with Crippen molar-refractivity contribution < 1.29 is 17.9 Å². The number of nitrogens with zero attached hydrogens (tertiary/aromatic N) is 2. The van der Waals surface area contributed by atoms with Gasteiger partial charge in [-0.25, -0.2) is 8.42 Å². The first-order valence-corrected chi connectivity index (χ1v) is 10.5. The Kier molecular flexibility index (Phi) is 5.67. The van der Waals surface area contributed by atoms with Crippen molar-refractivity contribution in [3.8, 4) is 0 Å². The van der Waals surface area contributed by atoms with Gasteiger partial charge in [-0.3, -0.25) is 4.79 Å². The quantitative estimate of drug-likeness (QED) is 0.845. The lowest BCUT2D eigenvalue weighted by molar-refractivity contribution is -0.0440. The van der Waals surface area contributed by atoms with Crippen molar-refractivity contribution in [2.24, 2.45) is 5.73 Å². The SMILES string of the molecule is CC1CN(S(=O)(=O)c2cccc(C(=O)N3CCCC(N)C3)c2)CC(C)O1. The van der Waals surface area contributed by atoms with Gasteiger partial charge in [0.25, 0.3) is 5.91 Å². The number of benzene rings is 1. The molecule has 2 N–H and O–H groups in total. The molecule has 3 atom stereocenters. The van der Waals surface area contributed by atoms with Gasteiger partial charge in [0.1, 0.15) is 0 Å². The Morgan fingerprint density at radius 3 is 2.54 bits per heavy atom. The summed E-state index contributed by atoms with van der Waals surface area (Å²) in [7, 11) is -3.67. The maximum Gasteiger partial charge on any atom is 0.253 e. The van der Waals surface area contributed by atoms with E-state index < -0.39 is 10.0 Å². The summed E-state index contributed by atoms with van der Waals surface area (Å²) in [4.78, 5) is 14.6. The van der Waals surface area contributed by atoms with Crippen LogP contribution >= 0.6 is 0 Å². The van der Waals surface area contributed by atoms with E-state index in [2.05, 4.69) is 0 Å². The van der Waals surface area contributed by atoms with E-state index in [4.69, 9.17) is 10.5 Å². The molecule has 0 aliphatic carbocycles. The second-order valence-corrected chi connectivity index (χ2v) is 9.20. The number of rotatable bonds is 3. The lowest BCUT2D eigenvalue weighted by Crippen LogP contribution is -2.48. The van der Waals surface area contributed by atoms with Crippen LogP contribution < -0.4 is 5.73 Å². The summed E-state index contributed by atoms with van der Waals surface area (Å²) in [5.41, 5.74) is 6.34. The fraction of sp³-hybridized carbons (Fsp3) is 0.611. The average molecular weight is 381 g/mol. The van der Waals surface area contributed by atoms with Crippen LogP contribution in [0.25, 0.3) is 0 Å². The van der Waals surface area contributed by atoms with Crippen LogP contribution in [-0.2, 0) is 14.8 Å². The summed E-state index contributed by atoms with van der Waals surface area (Å²) in [5, 5.41) is 0. The van der Waals surface area contributed by atoms with E-state index in [-0.39, 0.29) is 29.1 Å². The predicted octanol–water partition coefficient (Wildman–Crippen LogP) is 1.05. The first-order valence-electron chi connectivity index (χ1n) is 9.08. The number of morpholine rings is 1. The van der Waals surface area contributed by atoms with E-state index in [1.54, 1.807) is 23.1 Å². The van der Waals surface area contributed by atoms with Crippen molar-refractivity contribution in [1.29, 1.82) is 0 Å². The largest absolute Gasteiger partial charge is 0.373 e. The van der Waals surface area contributed by atoms with Crippen molar-refractivity contribution >= 4 is 15.9 Å². The molecular formula is C18H27N3O4S. The number of likely N-dealkylation sites (tertiary alicyclic amines) is 1. The Bertz CT molecular complexity index is 757. The molecule has 8 heteroatoms. The van der Waals surface area contributed by atoms with Crippen molar-refractivity contribution in [1.82, 2.24) is 9.21 Å². The van der Waals surface area contributed by atoms with Crippen LogP contribution in [0.4, 0.5) is 0 Å². The van der Waals surface area contributed by atoms with Crippen LogP contribution in [0.5, 0.6) is 0 Å². The number of ether oxygens (including phenoxy) is 1. The first-order chi connectivity index (χ1) is 12.3. The van der Waals surface area contributed by atoms with Gasteiger partial charge in [0, 0.05) is 37.8 Å². The Balaban J connectivity index is 1.83. The number of hydrogen-bond donors (Lipinski definition) is 1. The molecule has 26 heavy (non-hydrogen) atoms. The van der Waals surface area contributed by atoms with Crippen molar-refractivity contribution in [3.05, 3.63) is 29.8 Å². The van der Waals surface area contributed by atoms with Crippen LogP contribution in [0.15, 0.2) is 29.2 Å². The van der Waals surface area contributed by atoms with Gasteiger partial charge >= 0.3 is 0 Å². The predicted molar refractivity (Wildman–Crippen MR) is 98.3 cm³/mol. The molecule has 0 bridgehead atoms. The van der Waals surface area contributed by atoms with Crippen molar-refractivity contribution in [3.63, 3.8) is 0 Å². The summed E-state index contributed by atoms with van der Waals surface area (Å²) >= 11 is 0. The minimum Gasteiger partial charge on any atom is -0.373 e. The van der Waals surface area contributed by atoms with Gasteiger partial charge in [-0.2, -0.15) is 4.31 Å². The Labute approximate surface area is 155 Å². The molecule has 2 aliphatic heterocycles. The number of piperidine rings is 1. The van der Waals surface area contributed by atoms with Crippen molar-refractivity contribution in [2.75, 3.05) is 26.2 Å². The molecule has 2 saturated heterocycles. The van der Waals surface area contributed by atoms with Crippen LogP contribution in [0.1, 0.15) is 37.0 Å². The van der Waals surface area contributed by atoms with Crippen molar-refractivity contribution in [2.45, 2.75) is 49.8 Å². The highest BCUT2D eigenvalue weighted by atomic mass is 32.2. The molecule has 1 aromatic carbocycles. The zero-order valence-electron chi connectivity index (χ0n) is 15.3. The number of sulfonamides is 1. The molecule has 2 heterocycles. The van der Waals surface area contributed by atoms with E-state index in [1.165, 1.54) is 10.4 Å². The van der Waals surface area contributed by atoms with Crippen LogP contribution in [0.3, 0.4) is 0 Å². The molecule has 3 rings (SSSR count). The highest BCUT2D eigenvalue weighted by molar-refractivity contribution is 7.89. The fourth-order valence-corrected chi connectivity index (χ4v) is 5.28. The molecule has 7 nitrogen and oxygen atoms in total.